The lowest BCUT2D eigenvalue weighted by Gasteiger charge is -2.36. The summed E-state index contributed by atoms with van der Waals surface area (Å²) >= 11 is 2.14. The van der Waals surface area contributed by atoms with Gasteiger partial charge in [0.05, 0.1) is 13.0 Å². The Balaban J connectivity index is 1.69. The Hall–Kier alpha value is -0.330. The number of halogens is 1. The van der Waals surface area contributed by atoms with Crippen LogP contribution >= 0.6 is 22.6 Å². The van der Waals surface area contributed by atoms with Crippen LogP contribution in [0.1, 0.15) is 39.0 Å². The van der Waals surface area contributed by atoms with Crippen molar-refractivity contribution in [2.24, 2.45) is 17.3 Å². The zero-order valence-electron chi connectivity index (χ0n) is 11.1. The van der Waals surface area contributed by atoms with E-state index in [-0.39, 0.29) is 27.4 Å². The summed E-state index contributed by atoms with van der Waals surface area (Å²) in [6.45, 7) is 2.52. The Morgan fingerprint density at radius 3 is 2.95 bits per heavy atom. The lowest BCUT2D eigenvalue weighted by Crippen LogP contribution is -2.39. The molecule has 0 aromatic heterocycles. The SMILES string of the molecule is CCC(I)C(=O)OC1CC2CC1C1(COC(=O)C1)C2. The summed E-state index contributed by atoms with van der Waals surface area (Å²) in [5.74, 6) is 0.749. The number of hydrogen-bond donors (Lipinski definition) is 0. The van der Waals surface area contributed by atoms with Gasteiger partial charge in [0, 0.05) is 11.3 Å². The molecule has 5 atom stereocenters. The zero-order valence-corrected chi connectivity index (χ0v) is 13.2. The molecular weight excluding hydrogens is 359 g/mol. The van der Waals surface area contributed by atoms with Crippen LogP contribution in [0.3, 0.4) is 0 Å². The van der Waals surface area contributed by atoms with E-state index in [1.807, 2.05) is 6.92 Å². The van der Waals surface area contributed by atoms with Gasteiger partial charge < -0.3 is 9.47 Å². The maximum atomic E-state index is 11.9. The fourth-order valence-corrected chi connectivity index (χ4v) is 4.29. The molecule has 19 heavy (non-hydrogen) atoms. The van der Waals surface area contributed by atoms with Crippen molar-refractivity contribution in [3.63, 3.8) is 0 Å². The van der Waals surface area contributed by atoms with Crippen molar-refractivity contribution < 1.29 is 19.1 Å². The number of alkyl halides is 1. The van der Waals surface area contributed by atoms with Gasteiger partial charge >= 0.3 is 11.9 Å². The molecule has 3 fully saturated rings. The van der Waals surface area contributed by atoms with Gasteiger partial charge in [0.2, 0.25) is 0 Å². The summed E-state index contributed by atoms with van der Waals surface area (Å²) in [6.07, 6.45) is 4.45. The van der Waals surface area contributed by atoms with Crippen molar-refractivity contribution >= 4 is 34.5 Å². The van der Waals surface area contributed by atoms with Crippen LogP contribution in [0.15, 0.2) is 0 Å². The molecule has 2 aliphatic carbocycles. The minimum Gasteiger partial charge on any atom is -0.465 e. The fraction of sp³-hybridized carbons (Fsp3) is 0.857. The number of rotatable bonds is 3. The van der Waals surface area contributed by atoms with E-state index in [2.05, 4.69) is 22.6 Å². The van der Waals surface area contributed by atoms with Gasteiger partial charge in [0.25, 0.3) is 0 Å². The van der Waals surface area contributed by atoms with E-state index in [1.165, 1.54) is 0 Å². The van der Waals surface area contributed by atoms with E-state index >= 15 is 0 Å². The van der Waals surface area contributed by atoms with Crippen molar-refractivity contribution in [2.75, 3.05) is 6.61 Å². The zero-order chi connectivity index (χ0) is 13.6. The second-order valence-electron chi connectivity index (χ2n) is 6.20. The lowest BCUT2D eigenvalue weighted by molar-refractivity contribution is -0.153. The first-order valence-electron chi connectivity index (χ1n) is 7.04. The van der Waals surface area contributed by atoms with E-state index in [9.17, 15) is 9.59 Å². The molecule has 1 heterocycles. The number of fused-ring (bicyclic) bond motifs is 3. The van der Waals surface area contributed by atoms with E-state index in [4.69, 9.17) is 9.47 Å². The molecule has 1 spiro atoms. The maximum Gasteiger partial charge on any atom is 0.319 e. The molecule has 1 aliphatic heterocycles. The topological polar surface area (TPSA) is 52.6 Å². The Labute approximate surface area is 126 Å². The van der Waals surface area contributed by atoms with Crippen LogP contribution in [0.2, 0.25) is 0 Å². The molecule has 106 valence electrons. The lowest BCUT2D eigenvalue weighted by atomic mass is 9.71. The van der Waals surface area contributed by atoms with Crippen molar-refractivity contribution in [2.45, 2.75) is 49.1 Å². The highest BCUT2D eigenvalue weighted by molar-refractivity contribution is 14.1. The van der Waals surface area contributed by atoms with Gasteiger partial charge in [0.15, 0.2) is 0 Å². The molecular formula is C14H19IO4. The highest BCUT2D eigenvalue weighted by Crippen LogP contribution is 2.60. The van der Waals surface area contributed by atoms with Gasteiger partial charge in [-0.2, -0.15) is 0 Å². The Kier molecular flexibility index (Phi) is 3.52. The molecule has 0 amide bonds. The van der Waals surface area contributed by atoms with Crippen LogP contribution < -0.4 is 0 Å². The number of cyclic esters (lactones) is 1. The summed E-state index contributed by atoms with van der Waals surface area (Å²) in [5.41, 5.74) is -0.0298. The first-order valence-corrected chi connectivity index (χ1v) is 8.29. The van der Waals surface area contributed by atoms with Gasteiger partial charge in [-0.15, -0.1) is 0 Å². The molecule has 5 unspecified atom stereocenters. The van der Waals surface area contributed by atoms with E-state index < -0.39 is 0 Å². The van der Waals surface area contributed by atoms with Crippen LogP contribution in [0.5, 0.6) is 0 Å². The first kappa shape index (κ1) is 13.6. The second-order valence-corrected chi connectivity index (χ2v) is 7.70. The second kappa shape index (κ2) is 4.90. The smallest absolute Gasteiger partial charge is 0.319 e. The van der Waals surface area contributed by atoms with Gasteiger partial charge in [-0.05, 0) is 31.6 Å². The molecule has 0 aromatic rings. The first-order chi connectivity index (χ1) is 9.04. The van der Waals surface area contributed by atoms with Crippen molar-refractivity contribution in [1.82, 2.24) is 0 Å². The van der Waals surface area contributed by atoms with Crippen LogP contribution in [0.4, 0.5) is 0 Å². The van der Waals surface area contributed by atoms with E-state index in [1.54, 1.807) is 0 Å². The van der Waals surface area contributed by atoms with Gasteiger partial charge in [-0.1, -0.05) is 29.5 Å². The van der Waals surface area contributed by atoms with Gasteiger partial charge in [-0.25, -0.2) is 0 Å². The molecule has 2 bridgehead atoms. The van der Waals surface area contributed by atoms with Crippen LogP contribution in [0, 0.1) is 17.3 Å². The summed E-state index contributed by atoms with van der Waals surface area (Å²) < 4.78 is 10.8. The molecule has 3 aliphatic rings. The van der Waals surface area contributed by atoms with Crippen molar-refractivity contribution in [3.05, 3.63) is 0 Å². The minimum absolute atomic E-state index is 0.00423. The quantitative estimate of drug-likeness (QED) is 0.430. The number of carbonyl (C=O) groups excluding carboxylic acids is 2. The van der Waals surface area contributed by atoms with Crippen molar-refractivity contribution in [3.8, 4) is 0 Å². The molecule has 0 aromatic carbocycles. The van der Waals surface area contributed by atoms with E-state index in [0.29, 0.717) is 24.9 Å². The maximum absolute atomic E-state index is 11.9. The molecule has 1 saturated heterocycles. The molecule has 2 saturated carbocycles. The average Bonchev–Trinajstić information content (AvgIpc) is 3.03. The molecule has 4 nitrogen and oxygen atoms in total. The van der Waals surface area contributed by atoms with Gasteiger partial charge in [-0.3, -0.25) is 9.59 Å². The molecule has 0 N–H and O–H groups in total. The summed E-state index contributed by atoms with van der Waals surface area (Å²) in [6, 6.07) is 0. The molecule has 0 radical (unpaired) electrons. The number of ether oxygens (including phenoxy) is 2. The number of esters is 2. The molecule has 5 heteroatoms. The van der Waals surface area contributed by atoms with E-state index in [0.717, 1.165) is 25.7 Å². The summed E-state index contributed by atoms with van der Waals surface area (Å²) in [7, 11) is 0. The fourth-order valence-electron chi connectivity index (χ4n) is 4.14. The standard InChI is InChI=1S/C14H19IO4/c1-2-10(15)13(17)19-11-4-8-3-9(11)14(5-8)6-12(16)18-7-14/h8-11H,2-7H2,1H3. The van der Waals surface area contributed by atoms with Crippen LogP contribution in [-0.2, 0) is 19.1 Å². The summed E-state index contributed by atoms with van der Waals surface area (Å²) in [4.78, 5) is 23.4. The number of carbonyl (C=O) groups is 2. The average molecular weight is 378 g/mol. The van der Waals surface area contributed by atoms with Gasteiger partial charge in [0.1, 0.15) is 10.0 Å². The third-order valence-electron chi connectivity index (χ3n) is 4.98. The molecule has 3 rings (SSSR count). The third kappa shape index (κ3) is 2.28. The monoisotopic (exact) mass is 378 g/mol. The largest absolute Gasteiger partial charge is 0.465 e. The highest BCUT2D eigenvalue weighted by Gasteiger charge is 2.60. The van der Waals surface area contributed by atoms with Crippen LogP contribution in [0.25, 0.3) is 0 Å². The predicted molar refractivity (Wildman–Crippen MR) is 76.8 cm³/mol. The normalized spacial score (nSPS) is 41.6. The Morgan fingerprint density at radius 1 is 1.58 bits per heavy atom. The summed E-state index contributed by atoms with van der Waals surface area (Å²) in [5, 5.41) is 0. The Bertz CT molecular complexity index is 410. The Morgan fingerprint density at radius 2 is 2.37 bits per heavy atom. The minimum atomic E-state index is -0.0963. The highest BCUT2D eigenvalue weighted by atomic mass is 127. The number of hydrogen-bond acceptors (Lipinski definition) is 4. The van der Waals surface area contributed by atoms with Crippen LogP contribution in [-0.4, -0.2) is 28.6 Å². The third-order valence-corrected chi connectivity index (χ3v) is 6.37. The van der Waals surface area contributed by atoms with Crippen molar-refractivity contribution in [1.29, 1.82) is 0 Å². The predicted octanol–water partition coefficient (Wildman–Crippen LogP) is 2.48.